The summed E-state index contributed by atoms with van der Waals surface area (Å²) in [6, 6.07) is 0. The highest BCUT2D eigenvalue weighted by Crippen LogP contribution is 2.53. The van der Waals surface area contributed by atoms with Gasteiger partial charge >= 0.3 is 0 Å². The van der Waals surface area contributed by atoms with E-state index in [0.29, 0.717) is 0 Å². The predicted octanol–water partition coefficient (Wildman–Crippen LogP) is 4.11. The van der Waals surface area contributed by atoms with Crippen molar-refractivity contribution in [1.29, 1.82) is 0 Å². The second kappa shape index (κ2) is 2.87. The molecule has 1 aliphatic carbocycles. The minimum atomic E-state index is 0.259. The van der Waals surface area contributed by atoms with Gasteiger partial charge in [0.05, 0.1) is 0 Å². The number of hydrogen-bond acceptors (Lipinski definition) is 0. The molecule has 0 amide bonds. The third-order valence-electron chi connectivity index (χ3n) is 3.04. The maximum atomic E-state index is 3.90. The van der Waals surface area contributed by atoms with Crippen molar-refractivity contribution in [3.8, 4) is 0 Å². The summed E-state index contributed by atoms with van der Waals surface area (Å²) in [6.07, 6.45) is 5.17. The maximum absolute atomic E-state index is 3.90. The second-order valence-electron chi connectivity index (χ2n) is 5.18. The molecule has 0 fully saturated rings. The zero-order valence-corrected chi connectivity index (χ0v) is 9.28. The molecule has 0 aromatic heterocycles. The average Bonchev–Trinajstić information content (AvgIpc) is 2.13. The minimum Gasteiger partial charge on any atom is -0.0988 e. The van der Waals surface area contributed by atoms with Crippen LogP contribution in [0, 0.1) is 10.8 Å². The summed E-state index contributed by atoms with van der Waals surface area (Å²) in [6.45, 7) is 16.9. The third kappa shape index (κ3) is 1.50. The molecule has 0 saturated heterocycles. The number of hydrogen-bond donors (Lipinski definition) is 0. The lowest BCUT2D eigenvalue weighted by Crippen LogP contribution is -2.14. The first-order valence-corrected chi connectivity index (χ1v) is 4.85. The Kier molecular flexibility index (Phi) is 2.27. The molecule has 0 saturated carbocycles. The fourth-order valence-corrected chi connectivity index (χ4v) is 2.80. The van der Waals surface area contributed by atoms with Crippen LogP contribution in [0.2, 0.25) is 0 Å². The highest BCUT2D eigenvalue weighted by Gasteiger charge is 2.41. The van der Waals surface area contributed by atoms with Crippen molar-refractivity contribution in [2.45, 2.75) is 34.1 Å². The third-order valence-corrected chi connectivity index (χ3v) is 3.04. The summed E-state index contributed by atoms with van der Waals surface area (Å²) < 4.78 is 0. The summed E-state index contributed by atoms with van der Waals surface area (Å²) in [4.78, 5) is 0. The van der Waals surface area contributed by atoms with Crippen molar-refractivity contribution in [3.63, 3.8) is 0 Å². The lowest BCUT2D eigenvalue weighted by molar-refractivity contribution is 0.322. The van der Waals surface area contributed by atoms with Gasteiger partial charge in [-0.3, -0.25) is 0 Å². The Morgan fingerprint density at radius 3 is 1.46 bits per heavy atom. The van der Waals surface area contributed by atoms with E-state index in [0.717, 1.165) is 0 Å². The van der Waals surface area contributed by atoms with E-state index in [1.807, 2.05) is 12.2 Å². The van der Waals surface area contributed by atoms with E-state index in [-0.39, 0.29) is 10.8 Å². The van der Waals surface area contributed by atoms with Crippen LogP contribution in [-0.2, 0) is 0 Å². The lowest BCUT2D eigenvalue weighted by Gasteiger charge is -2.24. The molecule has 0 spiro atoms. The van der Waals surface area contributed by atoms with Crippen LogP contribution in [-0.4, -0.2) is 0 Å². The van der Waals surface area contributed by atoms with Crippen LogP contribution in [0.15, 0.2) is 36.5 Å². The van der Waals surface area contributed by atoms with Crippen molar-refractivity contribution >= 4 is 0 Å². The van der Waals surface area contributed by atoms with Crippen molar-refractivity contribution in [2.75, 3.05) is 0 Å². The molecule has 1 rings (SSSR count). The Balaban J connectivity index is 3.30. The van der Waals surface area contributed by atoms with Gasteiger partial charge in [-0.25, -0.2) is 0 Å². The Labute approximate surface area is 82.0 Å². The molecule has 0 aromatic rings. The van der Waals surface area contributed by atoms with Crippen LogP contribution in [0.3, 0.4) is 0 Å². The van der Waals surface area contributed by atoms with Crippen LogP contribution >= 0.6 is 0 Å². The highest BCUT2D eigenvalue weighted by molar-refractivity contribution is 5.44. The fraction of sp³-hybridized carbons (Fsp3) is 0.538. The summed E-state index contributed by atoms with van der Waals surface area (Å²) in [5, 5.41) is 0. The molecule has 72 valence electrons. The number of allylic oxidation sites excluding steroid dienone is 4. The van der Waals surface area contributed by atoms with Crippen molar-refractivity contribution in [1.82, 2.24) is 0 Å². The largest absolute Gasteiger partial charge is 0.0988 e. The monoisotopic (exact) mass is 176 g/mol. The molecule has 0 unspecified atom stereocenters. The molecule has 0 bridgehead atoms. The lowest BCUT2D eigenvalue weighted by atomic mass is 9.80. The molecule has 0 atom stereocenters. The minimum absolute atomic E-state index is 0.259. The fourth-order valence-electron chi connectivity index (χ4n) is 2.80. The second-order valence-corrected chi connectivity index (χ2v) is 5.18. The molecule has 0 heterocycles. The smallest absolute Gasteiger partial charge is 0.00926 e. The normalized spacial score (nSPS) is 24.6. The zero-order valence-electron chi connectivity index (χ0n) is 9.28. The topological polar surface area (TPSA) is 0 Å². The summed E-state index contributed by atoms with van der Waals surface area (Å²) in [5.74, 6) is 0. The van der Waals surface area contributed by atoms with Gasteiger partial charge in [-0.1, -0.05) is 53.0 Å². The Morgan fingerprint density at radius 1 is 0.923 bits per heavy atom. The molecular formula is C13H20. The van der Waals surface area contributed by atoms with Gasteiger partial charge in [0, 0.05) is 0 Å². The van der Waals surface area contributed by atoms with Crippen molar-refractivity contribution in [3.05, 3.63) is 36.5 Å². The zero-order chi connectivity index (χ0) is 10.3. The molecule has 1 aliphatic rings. The Morgan fingerprint density at radius 2 is 1.23 bits per heavy atom. The van der Waals surface area contributed by atoms with Crippen LogP contribution in [0.25, 0.3) is 0 Å². The van der Waals surface area contributed by atoms with E-state index in [4.69, 9.17) is 0 Å². The Hall–Kier alpha value is -0.780. The SMILES string of the molecule is C=CC1=C(C=C)C(C)(C)CC1(C)C. The summed E-state index contributed by atoms with van der Waals surface area (Å²) in [7, 11) is 0. The van der Waals surface area contributed by atoms with Gasteiger partial charge in [-0.15, -0.1) is 0 Å². The van der Waals surface area contributed by atoms with E-state index in [1.54, 1.807) is 0 Å². The predicted molar refractivity (Wildman–Crippen MR) is 59.6 cm³/mol. The summed E-state index contributed by atoms with van der Waals surface area (Å²) >= 11 is 0. The highest BCUT2D eigenvalue weighted by atomic mass is 14.4. The first-order chi connectivity index (χ1) is 5.85. The van der Waals surface area contributed by atoms with Crippen LogP contribution in [0.1, 0.15) is 34.1 Å². The van der Waals surface area contributed by atoms with Crippen LogP contribution < -0.4 is 0 Å². The molecule has 0 N–H and O–H groups in total. The average molecular weight is 176 g/mol. The number of rotatable bonds is 2. The van der Waals surface area contributed by atoms with Gasteiger partial charge in [0.15, 0.2) is 0 Å². The molecule has 0 aliphatic heterocycles. The molecular weight excluding hydrogens is 156 g/mol. The van der Waals surface area contributed by atoms with Gasteiger partial charge < -0.3 is 0 Å². The van der Waals surface area contributed by atoms with Crippen LogP contribution in [0.4, 0.5) is 0 Å². The Bertz CT molecular complexity index is 246. The first-order valence-electron chi connectivity index (χ1n) is 4.85. The van der Waals surface area contributed by atoms with Crippen LogP contribution in [0.5, 0.6) is 0 Å². The molecule has 0 nitrogen and oxygen atoms in total. The standard InChI is InChI=1S/C13H20/c1-7-10-11(8-2)13(5,6)9-12(10,3)4/h7-8H,1-2,9H2,3-6H3. The van der Waals surface area contributed by atoms with E-state index in [2.05, 4.69) is 40.9 Å². The van der Waals surface area contributed by atoms with Gasteiger partial charge in [0.1, 0.15) is 0 Å². The van der Waals surface area contributed by atoms with Gasteiger partial charge in [-0.2, -0.15) is 0 Å². The van der Waals surface area contributed by atoms with Gasteiger partial charge in [-0.05, 0) is 28.4 Å². The van der Waals surface area contributed by atoms with E-state index in [9.17, 15) is 0 Å². The first kappa shape index (κ1) is 10.3. The molecule has 0 radical (unpaired) electrons. The van der Waals surface area contributed by atoms with E-state index in [1.165, 1.54) is 17.6 Å². The van der Waals surface area contributed by atoms with Gasteiger partial charge in [0.2, 0.25) is 0 Å². The molecule has 0 aromatic carbocycles. The van der Waals surface area contributed by atoms with Crippen molar-refractivity contribution in [2.24, 2.45) is 10.8 Å². The summed E-state index contributed by atoms with van der Waals surface area (Å²) in [5.41, 5.74) is 3.25. The van der Waals surface area contributed by atoms with Crippen molar-refractivity contribution < 1.29 is 0 Å². The quantitative estimate of drug-likeness (QED) is 0.594. The molecule has 13 heavy (non-hydrogen) atoms. The molecule has 0 heteroatoms. The van der Waals surface area contributed by atoms with Gasteiger partial charge in [0.25, 0.3) is 0 Å². The maximum Gasteiger partial charge on any atom is -0.00926 e. The van der Waals surface area contributed by atoms with E-state index < -0.39 is 0 Å². The van der Waals surface area contributed by atoms with E-state index >= 15 is 0 Å².